The Morgan fingerprint density at radius 3 is 2.67 bits per heavy atom. The number of allylic oxidation sites excluding steroid dienone is 1. The number of hydrogen-bond donors (Lipinski definition) is 2. The molecule has 80 valence electrons. The van der Waals surface area contributed by atoms with E-state index in [1.165, 1.54) is 11.6 Å². The van der Waals surface area contributed by atoms with Gasteiger partial charge in [0.05, 0.1) is 0 Å². The molecule has 0 fully saturated rings. The fourth-order valence-electron chi connectivity index (χ4n) is 1.22. The summed E-state index contributed by atoms with van der Waals surface area (Å²) >= 11 is 0. The molecule has 1 aromatic rings. The zero-order chi connectivity index (χ0) is 11.1. The summed E-state index contributed by atoms with van der Waals surface area (Å²) in [5, 5.41) is 2.79. The van der Waals surface area contributed by atoms with Crippen LogP contribution in [0.15, 0.2) is 36.4 Å². The van der Waals surface area contributed by atoms with Crippen molar-refractivity contribution in [3.05, 3.63) is 42.0 Å². The number of carbonyl (C=O) groups excluding carboxylic acids is 1. The number of anilines is 1. The molecule has 0 radical (unpaired) electrons. The van der Waals surface area contributed by atoms with Gasteiger partial charge >= 0.3 is 0 Å². The summed E-state index contributed by atoms with van der Waals surface area (Å²) < 4.78 is 0. The third-order valence-electron chi connectivity index (χ3n) is 2.01. The molecule has 0 bridgehead atoms. The van der Waals surface area contributed by atoms with Crippen LogP contribution in [-0.2, 0) is 11.2 Å². The van der Waals surface area contributed by atoms with Gasteiger partial charge in [-0.2, -0.15) is 0 Å². The van der Waals surface area contributed by atoms with Crippen LogP contribution in [0.5, 0.6) is 0 Å². The van der Waals surface area contributed by atoms with Crippen LogP contribution in [0.3, 0.4) is 0 Å². The molecule has 1 rings (SSSR count). The number of nitrogen functional groups attached to an aromatic ring is 1. The number of benzene rings is 1. The van der Waals surface area contributed by atoms with Crippen molar-refractivity contribution in [2.24, 2.45) is 0 Å². The van der Waals surface area contributed by atoms with Crippen molar-refractivity contribution in [2.75, 3.05) is 12.3 Å². The first kappa shape index (κ1) is 11.3. The summed E-state index contributed by atoms with van der Waals surface area (Å²) in [6, 6.07) is 7.67. The molecular weight excluding hydrogens is 188 g/mol. The fraction of sp³-hybridized carbons (Fsp3) is 0.250. The standard InChI is InChI=1S/C12H16N2O/c1-2-3-12(15)14-9-8-10-4-6-11(13)7-5-10/h2-7H,8-9,13H2,1H3,(H,14,15)/b3-2+. The van der Waals surface area contributed by atoms with E-state index < -0.39 is 0 Å². The van der Waals surface area contributed by atoms with Crippen molar-refractivity contribution >= 4 is 11.6 Å². The van der Waals surface area contributed by atoms with E-state index in [-0.39, 0.29) is 5.91 Å². The van der Waals surface area contributed by atoms with Crippen molar-refractivity contribution in [1.29, 1.82) is 0 Å². The summed E-state index contributed by atoms with van der Waals surface area (Å²) in [6.07, 6.45) is 4.06. The summed E-state index contributed by atoms with van der Waals surface area (Å²) in [5.41, 5.74) is 7.50. The minimum atomic E-state index is -0.0482. The second-order valence-electron chi connectivity index (χ2n) is 3.28. The van der Waals surface area contributed by atoms with Crippen LogP contribution < -0.4 is 11.1 Å². The Hall–Kier alpha value is -1.77. The van der Waals surface area contributed by atoms with Gasteiger partial charge in [-0.1, -0.05) is 18.2 Å². The number of rotatable bonds is 4. The lowest BCUT2D eigenvalue weighted by molar-refractivity contribution is -0.116. The molecule has 1 amide bonds. The highest BCUT2D eigenvalue weighted by atomic mass is 16.1. The van der Waals surface area contributed by atoms with Crippen LogP contribution in [-0.4, -0.2) is 12.5 Å². The predicted molar refractivity (Wildman–Crippen MR) is 62.4 cm³/mol. The topological polar surface area (TPSA) is 55.1 Å². The monoisotopic (exact) mass is 204 g/mol. The SMILES string of the molecule is C/C=C/C(=O)NCCc1ccc(N)cc1. The second-order valence-corrected chi connectivity index (χ2v) is 3.28. The van der Waals surface area contributed by atoms with Gasteiger partial charge in [-0.05, 0) is 37.1 Å². The van der Waals surface area contributed by atoms with E-state index in [9.17, 15) is 4.79 Å². The minimum absolute atomic E-state index is 0.0482. The van der Waals surface area contributed by atoms with Crippen LogP contribution in [0.1, 0.15) is 12.5 Å². The third-order valence-corrected chi connectivity index (χ3v) is 2.01. The van der Waals surface area contributed by atoms with Gasteiger partial charge in [-0.25, -0.2) is 0 Å². The molecule has 0 spiro atoms. The summed E-state index contributed by atoms with van der Waals surface area (Å²) in [7, 11) is 0. The van der Waals surface area contributed by atoms with Gasteiger partial charge < -0.3 is 11.1 Å². The highest BCUT2D eigenvalue weighted by Crippen LogP contribution is 2.05. The lowest BCUT2D eigenvalue weighted by Crippen LogP contribution is -2.23. The van der Waals surface area contributed by atoms with Crippen LogP contribution in [0.25, 0.3) is 0 Å². The quantitative estimate of drug-likeness (QED) is 0.577. The second kappa shape index (κ2) is 5.86. The molecule has 3 N–H and O–H groups in total. The number of carbonyl (C=O) groups is 1. The largest absolute Gasteiger partial charge is 0.399 e. The molecule has 0 saturated heterocycles. The highest BCUT2D eigenvalue weighted by Gasteiger charge is 1.95. The third kappa shape index (κ3) is 4.31. The number of amides is 1. The molecule has 0 saturated carbocycles. The van der Waals surface area contributed by atoms with Crippen LogP contribution in [0.4, 0.5) is 5.69 Å². The van der Waals surface area contributed by atoms with Gasteiger partial charge in [-0.3, -0.25) is 4.79 Å². The summed E-state index contributed by atoms with van der Waals surface area (Å²) in [4.78, 5) is 11.1. The first-order chi connectivity index (χ1) is 7.22. The van der Waals surface area contributed by atoms with Gasteiger partial charge in [0.15, 0.2) is 0 Å². The maximum Gasteiger partial charge on any atom is 0.243 e. The molecule has 0 aliphatic rings. The average Bonchev–Trinajstić information content (AvgIpc) is 2.21. The molecule has 0 unspecified atom stereocenters. The van der Waals surface area contributed by atoms with E-state index in [0.717, 1.165) is 12.1 Å². The molecule has 15 heavy (non-hydrogen) atoms. The van der Waals surface area contributed by atoms with Gasteiger partial charge in [-0.15, -0.1) is 0 Å². The normalized spacial score (nSPS) is 10.5. The van der Waals surface area contributed by atoms with Crippen molar-refractivity contribution in [2.45, 2.75) is 13.3 Å². The molecular formula is C12H16N2O. The van der Waals surface area contributed by atoms with Crippen molar-refractivity contribution in [3.8, 4) is 0 Å². The van der Waals surface area contributed by atoms with E-state index in [1.807, 2.05) is 31.2 Å². The number of nitrogens with one attached hydrogen (secondary N) is 1. The Bertz CT molecular complexity index is 341. The first-order valence-electron chi connectivity index (χ1n) is 4.97. The Morgan fingerprint density at radius 1 is 1.40 bits per heavy atom. The van der Waals surface area contributed by atoms with Crippen LogP contribution in [0.2, 0.25) is 0 Å². The molecule has 0 atom stereocenters. The van der Waals surface area contributed by atoms with Gasteiger partial charge in [0.25, 0.3) is 0 Å². The molecule has 0 aliphatic carbocycles. The maximum absolute atomic E-state index is 11.1. The van der Waals surface area contributed by atoms with E-state index in [0.29, 0.717) is 6.54 Å². The first-order valence-corrected chi connectivity index (χ1v) is 4.97. The molecule has 0 heterocycles. The van der Waals surface area contributed by atoms with Crippen molar-refractivity contribution in [1.82, 2.24) is 5.32 Å². The number of nitrogens with two attached hydrogens (primary N) is 1. The summed E-state index contributed by atoms with van der Waals surface area (Å²) in [6.45, 7) is 2.46. The van der Waals surface area contributed by atoms with Crippen LogP contribution in [0, 0.1) is 0 Å². The Morgan fingerprint density at radius 2 is 2.07 bits per heavy atom. The van der Waals surface area contributed by atoms with Crippen LogP contribution >= 0.6 is 0 Å². The molecule has 1 aromatic carbocycles. The average molecular weight is 204 g/mol. The van der Waals surface area contributed by atoms with Gasteiger partial charge in [0, 0.05) is 12.2 Å². The zero-order valence-corrected chi connectivity index (χ0v) is 8.86. The van der Waals surface area contributed by atoms with E-state index in [2.05, 4.69) is 5.32 Å². The smallest absolute Gasteiger partial charge is 0.243 e. The summed E-state index contributed by atoms with van der Waals surface area (Å²) in [5.74, 6) is -0.0482. The molecule has 3 heteroatoms. The Labute approximate surface area is 90.0 Å². The Kier molecular flexibility index (Phi) is 4.41. The van der Waals surface area contributed by atoms with E-state index >= 15 is 0 Å². The molecule has 0 aromatic heterocycles. The molecule has 0 aliphatic heterocycles. The zero-order valence-electron chi connectivity index (χ0n) is 8.86. The number of hydrogen-bond acceptors (Lipinski definition) is 2. The fourth-order valence-corrected chi connectivity index (χ4v) is 1.22. The van der Waals surface area contributed by atoms with Crippen molar-refractivity contribution < 1.29 is 4.79 Å². The van der Waals surface area contributed by atoms with Gasteiger partial charge in [0.1, 0.15) is 0 Å². The lowest BCUT2D eigenvalue weighted by Gasteiger charge is -2.02. The minimum Gasteiger partial charge on any atom is -0.399 e. The predicted octanol–water partition coefficient (Wildman–Crippen LogP) is 1.50. The maximum atomic E-state index is 11.1. The van der Waals surface area contributed by atoms with Crippen molar-refractivity contribution in [3.63, 3.8) is 0 Å². The van der Waals surface area contributed by atoms with E-state index in [1.54, 1.807) is 6.08 Å². The Balaban J connectivity index is 2.32. The lowest BCUT2D eigenvalue weighted by atomic mass is 10.1. The molecule has 3 nitrogen and oxygen atoms in total. The highest BCUT2D eigenvalue weighted by molar-refractivity contribution is 5.87. The van der Waals surface area contributed by atoms with E-state index in [4.69, 9.17) is 5.73 Å². The van der Waals surface area contributed by atoms with Gasteiger partial charge in [0.2, 0.25) is 5.91 Å².